The van der Waals surface area contributed by atoms with Crippen LogP contribution in [0.4, 0.5) is 5.69 Å². The fourth-order valence-corrected chi connectivity index (χ4v) is 3.43. The highest BCUT2D eigenvalue weighted by Crippen LogP contribution is 2.31. The zero-order chi connectivity index (χ0) is 11.5. The summed E-state index contributed by atoms with van der Waals surface area (Å²) in [4.78, 5) is 0. The maximum absolute atomic E-state index is 5.95. The second-order valence-corrected chi connectivity index (χ2v) is 6.15. The molecule has 0 aliphatic heterocycles. The zero-order valence-corrected chi connectivity index (χ0v) is 12.4. The number of hydrogen-bond donors (Lipinski definition) is 1. The fraction of sp³-hybridized carbons (Fsp3) is 0.538. The predicted molar refractivity (Wildman–Crippen MR) is 79.2 cm³/mol. The molecule has 0 heterocycles. The van der Waals surface area contributed by atoms with Gasteiger partial charge in [0.2, 0.25) is 0 Å². The first kappa shape index (κ1) is 12.5. The van der Waals surface area contributed by atoms with Crippen molar-refractivity contribution in [1.29, 1.82) is 0 Å². The van der Waals surface area contributed by atoms with Crippen molar-refractivity contribution in [1.82, 2.24) is 0 Å². The van der Waals surface area contributed by atoms with Crippen LogP contribution in [0.25, 0.3) is 0 Å². The summed E-state index contributed by atoms with van der Waals surface area (Å²) in [6.45, 7) is 2.29. The first-order chi connectivity index (χ1) is 7.69. The number of rotatable bonds is 3. The molecule has 2 unspecified atom stereocenters. The fourth-order valence-electron chi connectivity index (χ4n) is 2.40. The second kappa shape index (κ2) is 5.58. The van der Waals surface area contributed by atoms with Crippen LogP contribution < -0.4 is 5.32 Å². The highest BCUT2D eigenvalue weighted by atomic mass is 127. The number of nitrogens with one attached hydrogen (secondary N) is 1. The average molecular weight is 350 g/mol. The van der Waals surface area contributed by atoms with Gasteiger partial charge >= 0.3 is 0 Å². The summed E-state index contributed by atoms with van der Waals surface area (Å²) in [6, 6.07) is 6.71. The lowest BCUT2D eigenvalue weighted by atomic mass is 10.1. The quantitative estimate of drug-likeness (QED) is 0.763. The standard InChI is InChI=1S/C13H17ClIN/c1-2-9-3-5-11(7-9)16-13-6-4-10(14)8-12(13)15/h4,6,8-9,11,16H,2-3,5,7H2,1H3. The summed E-state index contributed by atoms with van der Waals surface area (Å²) in [5.41, 5.74) is 1.23. The Balaban J connectivity index is 1.99. The van der Waals surface area contributed by atoms with Gasteiger partial charge in [-0.15, -0.1) is 0 Å². The van der Waals surface area contributed by atoms with Crippen molar-refractivity contribution in [2.75, 3.05) is 5.32 Å². The molecule has 0 bridgehead atoms. The molecule has 0 aromatic heterocycles. The van der Waals surface area contributed by atoms with Gasteiger partial charge in [-0.05, 0) is 66.0 Å². The van der Waals surface area contributed by atoms with Crippen LogP contribution in [0.5, 0.6) is 0 Å². The lowest BCUT2D eigenvalue weighted by molar-refractivity contribution is 0.525. The molecule has 3 heteroatoms. The third kappa shape index (κ3) is 3.04. The Kier molecular flexibility index (Phi) is 4.36. The van der Waals surface area contributed by atoms with E-state index in [-0.39, 0.29) is 0 Å². The molecule has 1 saturated carbocycles. The van der Waals surface area contributed by atoms with Crippen LogP contribution in [0.15, 0.2) is 18.2 Å². The Morgan fingerprint density at radius 2 is 2.25 bits per heavy atom. The maximum Gasteiger partial charge on any atom is 0.0479 e. The summed E-state index contributed by atoms with van der Waals surface area (Å²) in [5.74, 6) is 0.919. The lowest BCUT2D eigenvalue weighted by Gasteiger charge is -2.15. The molecule has 2 rings (SSSR count). The minimum Gasteiger partial charge on any atom is -0.381 e. The highest BCUT2D eigenvalue weighted by Gasteiger charge is 2.23. The molecule has 2 atom stereocenters. The van der Waals surface area contributed by atoms with Gasteiger partial charge in [0.1, 0.15) is 0 Å². The molecule has 1 aliphatic rings. The number of benzene rings is 1. The summed E-state index contributed by atoms with van der Waals surface area (Å²) in [7, 11) is 0. The van der Waals surface area contributed by atoms with Crippen molar-refractivity contribution in [2.45, 2.75) is 38.6 Å². The molecule has 0 radical (unpaired) electrons. The van der Waals surface area contributed by atoms with E-state index in [0.717, 1.165) is 10.9 Å². The SMILES string of the molecule is CCC1CCC(Nc2ccc(Cl)cc2I)C1. The van der Waals surface area contributed by atoms with Gasteiger partial charge in [-0.25, -0.2) is 0 Å². The number of hydrogen-bond acceptors (Lipinski definition) is 1. The summed E-state index contributed by atoms with van der Waals surface area (Å²) in [5, 5.41) is 4.45. The topological polar surface area (TPSA) is 12.0 Å². The average Bonchev–Trinajstić information content (AvgIpc) is 2.70. The number of anilines is 1. The molecule has 1 fully saturated rings. The van der Waals surface area contributed by atoms with Crippen LogP contribution in [0.1, 0.15) is 32.6 Å². The van der Waals surface area contributed by atoms with Gasteiger partial charge in [-0.2, -0.15) is 0 Å². The minimum absolute atomic E-state index is 0.652. The molecule has 16 heavy (non-hydrogen) atoms. The number of halogens is 2. The van der Waals surface area contributed by atoms with E-state index < -0.39 is 0 Å². The van der Waals surface area contributed by atoms with Crippen LogP contribution in [0, 0.1) is 9.49 Å². The van der Waals surface area contributed by atoms with E-state index in [1.54, 1.807) is 0 Å². The third-order valence-electron chi connectivity index (χ3n) is 3.41. The van der Waals surface area contributed by atoms with Crippen LogP contribution in [0.2, 0.25) is 5.02 Å². The summed E-state index contributed by atoms with van der Waals surface area (Å²) < 4.78 is 1.21. The van der Waals surface area contributed by atoms with Crippen LogP contribution >= 0.6 is 34.2 Å². The monoisotopic (exact) mass is 349 g/mol. The molecule has 0 amide bonds. The van der Waals surface area contributed by atoms with Crippen LogP contribution in [0.3, 0.4) is 0 Å². The van der Waals surface area contributed by atoms with Crippen molar-refractivity contribution in [2.24, 2.45) is 5.92 Å². The van der Waals surface area contributed by atoms with E-state index in [0.29, 0.717) is 6.04 Å². The molecule has 88 valence electrons. The van der Waals surface area contributed by atoms with Crippen molar-refractivity contribution in [3.05, 3.63) is 26.8 Å². The van der Waals surface area contributed by atoms with Crippen LogP contribution in [-0.4, -0.2) is 6.04 Å². The van der Waals surface area contributed by atoms with Gasteiger partial charge in [0.25, 0.3) is 0 Å². The zero-order valence-electron chi connectivity index (χ0n) is 9.47. The highest BCUT2D eigenvalue weighted by molar-refractivity contribution is 14.1. The smallest absolute Gasteiger partial charge is 0.0479 e. The normalized spacial score (nSPS) is 24.7. The van der Waals surface area contributed by atoms with Gasteiger partial charge in [0, 0.05) is 20.3 Å². The molecule has 0 spiro atoms. The van der Waals surface area contributed by atoms with Gasteiger partial charge in [-0.1, -0.05) is 24.9 Å². The van der Waals surface area contributed by atoms with E-state index >= 15 is 0 Å². The Bertz CT molecular complexity index is 367. The molecular weight excluding hydrogens is 333 g/mol. The molecule has 1 aliphatic carbocycles. The van der Waals surface area contributed by atoms with Crippen molar-refractivity contribution in [3.63, 3.8) is 0 Å². The Morgan fingerprint density at radius 1 is 1.44 bits per heavy atom. The van der Waals surface area contributed by atoms with Crippen molar-refractivity contribution < 1.29 is 0 Å². The Labute approximate surface area is 116 Å². The Morgan fingerprint density at radius 3 is 2.88 bits per heavy atom. The Hall–Kier alpha value is 0.0400. The van der Waals surface area contributed by atoms with E-state index in [1.807, 2.05) is 12.1 Å². The van der Waals surface area contributed by atoms with Crippen molar-refractivity contribution in [3.8, 4) is 0 Å². The van der Waals surface area contributed by atoms with Gasteiger partial charge < -0.3 is 5.32 Å². The first-order valence-corrected chi connectivity index (χ1v) is 7.36. The van der Waals surface area contributed by atoms with E-state index in [1.165, 1.54) is 34.9 Å². The van der Waals surface area contributed by atoms with Gasteiger partial charge in [0.15, 0.2) is 0 Å². The molecule has 1 N–H and O–H groups in total. The second-order valence-electron chi connectivity index (χ2n) is 4.55. The van der Waals surface area contributed by atoms with Crippen LogP contribution in [-0.2, 0) is 0 Å². The molecular formula is C13H17ClIN. The third-order valence-corrected chi connectivity index (χ3v) is 4.54. The summed E-state index contributed by atoms with van der Waals surface area (Å²) >= 11 is 8.29. The molecule has 1 aromatic carbocycles. The predicted octanol–water partition coefficient (Wildman–Crippen LogP) is 4.94. The van der Waals surface area contributed by atoms with Gasteiger partial charge in [-0.3, -0.25) is 0 Å². The van der Waals surface area contributed by atoms with E-state index in [2.05, 4.69) is 40.9 Å². The minimum atomic E-state index is 0.652. The molecule has 0 saturated heterocycles. The van der Waals surface area contributed by atoms with Crippen molar-refractivity contribution >= 4 is 39.9 Å². The maximum atomic E-state index is 5.95. The largest absolute Gasteiger partial charge is 0.381 e. The summed E-state index contributed by atoms with van der Waals surface area (Å²) in [6.07, 6.45) is 5.31. The van der Waals surface area contributed by atoms with E-state index in [4.69, 9.17) is 11.6 Å². The first-order valence-electron chi connectivity index (χ1n) is 5.90. The lowest BCUT2D eigenvalue weighted by Crippen LogP contribution is -2.16. The molecule has 1 aromatic rings. The van der Waals surface area contributed by atoms with E-state index in [9.17, 15) is 0 Å². The van der Waals surface area contributed by atoms with Gasteiger partial charge in [0.05, 0.1) is 0 Å². The molecule has 1 nitrogen and oxygen atoms in total.